The van der Waals surface area contributed by atoms with Gasteiger partial charge in [-0.3, -0.25) is 9.59 Å². The van der Waals surface area contributed by atoms with Crippen molar-refractivity contribution >= 4 is 11.7 Å². The highest BCUT2D eigenvalue weighted by atomic mass is 19.3. The Morgan fingerprint density at radius 3 is 2.55 bits per heavy atom. The molecule has 1 aliphatic rings. The van der Waals surface area contributed by atoms with E-state index in [0.29, 0.717) is 25.1 Å². The van der Waals surface area contributed by atoms with Gasteiger partial charge in [0.05, 0.1) is 0 Å². The summed E-state index contributed by atoms with van der Waals surface area (Å²) in [5.41, 5.74) is 0.396. The van der Waals surface area contributed by atoms with E-state index in [1.54, 1.807) is 11.8 Å². The monoisotopic (exact) mass is 283 g/mol. The largest absolute Gasteiger partial charge is 0.435 e. The lowest BCUT2D eigenvalue weighted by Crippen LogP contribution is -2.43. The second-order valence-electron chi connectivity index (χ2n) is 4.77. The van der Waals surface area contributed by atoms with Gasteiger partial charge in [0.15, 0.2) is 0 Å². The fraction of sp³-hybridized carbons (Fsp3) is 0.429. The summed E-state index contributed by atoms with van der Waals surface area (Å²) >= 11 is 0. The van der Waals surface area contributed by atoms with E-state index in [4.69, 9.17) is 0 Å². The SMILES string of the molecule is CC1CN(C(=O)c2ccc(OC(F)F)cc2)CCC1=O. The van der Waals surface area contributed by atoms with Gasteiger partial charge in [0.1, 0.15) is 11.5 Å². The van der Waals surface area contributed by atoms with Crippen molar-refractivity contribution < 1.29 is 23.1 Å². The van der Waals surface area contributed by atoms with Crippen molar-refractivity contribution in [2.75, 3.05) is 13.1 Å². The Bertz CT molecular complexity index is 502. The number of carbonyl (C=O) groups excluding carboxylic acids is 2. The van der Waals surface area contributed by atoms with Crippen LogP contribution in [-0.2, 0) is 4.79 Å². The Morgan fingerprint density at radius 2 is 2.00 bits per heavy atom. The van der Waals surface area contributed by atoms with Crippen molar-refractivity contribution in [3.63, 3.8) is 0 Å². The first-order chi connectivity index (χ1) is 9.47. The lowest BCUT2D eigenvalue weighted by molar-refractivity contribution is -0.124. The molecule has 0 spiro atoms. The number of alkyl halides is 2. The maximum absolute atomic E-state index is 12.2. The number of likely N-dealkylation sites (tertiary alicyclic amines) is 1. The van der Waals surface area contributed by atoms with Crippen molar-refractivity contribution in [2.24, 2.45) is 5.92 Å². The van der Waals surface area contributed by atoms with E-state index in [-0.39, 0.29) is 23.4 Å². The van der Waals surface area contributed by atoms with Crippen LogP contribution in [0.15, 0.2) is 24.3 Å². The Kier molecular flexibility index (Phi) is 4.32. The molecule has 20 heavy (non-hydrogen) atoms. The molecule has 0 aromatic heterocycles. The van der Waals surface area contributed by atoms with E-state index in [2.05, 4.69) is 4.74 Å². The van der Waals surface area contributed by atoms with Gasteiger partial charge in [-0.25, -0.2) is 0 Å². The quantitative estimate of drug-likeness (QED) is 0.855. The summed E-state index contributed by atoms with van der Waals surface area (Å²) in [6, 6.07) is 5.55. The molecule has 6 heteroatoms. The first kappa shape index (κ1) is 14.4. The van der Waals surface area contributed by atoms with Gasteiger partial charge in [-0.15, -0.1) is 0 Å². The molecule has 1 heterocycles. The Hall–Kier alpha value is -1.98. The third-order valence-electron chi connectivity index (χ3n) is 3.29. The average molecular weight is 283 g/mol. The van der Waals surface area contributed by atoms with Crippen LogP contribution in [0.5, 0.6) is 5.75 Å². The molecule has 0 bridgehead atoms. The summed E-state index contributed by atoms with van der Waals surface area (Å²) in [7, 11) is 0. The smallest absolute Gasteiger partial charge is 0.387 e. The van der Waals surface area contributed by atoms with Gasteiger partial charge in [-0.2, -0.15) is 8.78 Å². The molecular weight excluding hydrogens is 268 g/mol. The second-order valence-corrected chi connectivity index (χ2v) is 4.77. The normalized spacial score (nSPS) is 19.3. The number of hydrogen-bond acceptors (Lipinski definition) is 3. The molecule has 1 saturated heterocycles. The van der Waals surface area contributed by atoms with Crippen molar-refractivity contribution in [3.8, 4) is 5.75 Å². The van der Waals surface area contributed by atoms with Crippen LogP contribution in [0.3, 0.4) is 0 Å². The van der Waals surface area contributed by atoms with Crippen LogP contribution in [0.1, 0.15) is 23.7 Å². The van der Waals surface area contributed by atoms with Crippen LogP contribution in [0.25, 0.3) is 0 Å². The molecule has 1 unspecified atom stereocenters. The third kappa shape index (κ3) is 3.31. The standard InChI is InChI=1S/C14H15F2NO3/c1-9-8-17(7-6-12(9)18)13(19)10-2-4-11(5-3-10)20-14(15)16/h2-5,9,14H,6-8H2,1H3. The predicted octanol–water partition coefficient (Wildman–Crippen LogP) is 2.34. The van der Waals surface area contributed by atoms with E-state index in [0.717, 1.165) is 0 Å². The zero-order valence-electron chi connectivity index (χ0n) is 11.0. The zero-order valence-corrected chi connectivity index (χ0v) is 11.0. The molecule has 2 rings (SSSR count). The Morgan fingerprint density at radius 1 is 1.35 bits per heavy atom. The van der Waals surface area contributed by atoms with Crippen LogP contribution in [-0.4, -0.2) is 36.3 Å². The number of hydrogen-bond donors (Lipinski definition) is 0. The van der Waals surface area contributed by atoms with Crippen molar-refractivity contribution in [1.82, 2.24) is 4.90 Å². The maximum Gasteiger partial charge on any atom is 0.387 e. The molecule has 0 radical (unpaired) electrons. The van der Waals surface area contributed by atoms with Crippen LogP contribution < -0.4 is 4.74 Å². The minimum Gasteiger partial charge on any atom is -0.435 e. The minimum atomic E-state index is -2.88. The first-order valence-electron chi connectivity index (χ1n) is 6.34. The van der Waals surface area contributed by atoms with Gasteiger partial charge in [0, 0.05) is 31.0 Å². The molecule has 1 aromatic rings. The molecule has 0 aliphatic carbocycles. The topological polar surface area (TPSA) is 46.6 Å². The lowest BCUT2D eigenvalue weighted by atomic mass is 9.98. The number of benzene rings is 1. The summed E-state index contributed by atoms with van der Waals surface area (Å²) < 4.78 is 28.3. The first-order valence-corrected chi connectivity index (χ1v) is 6.34. The number of amides is 1. The van der Waals surface area contributed by atoms with Crippen LogP contribution in [0, 0.1) is 5.92 Å². The van der Waals surface area contributed by atoms with Gasteiger partial charge in [0.25, 0.3) is 5.91 Å². The zero-order chi connectivity index (χ0) is 14.7. The summed E-state index contributed by atoms with van der Waals surface area (Å²) in [4.78, 5) is 25.2. The van der Waals surface area contributed by atoms with Gasteiger partial charge in [0.2, 0.25) is 0 Å². The molecule has 108 valence electrons. The van der Waals surface area contributed by atoms with Crippen LogP contribution >= 0.6 is 0 Å². The molecule has 1 atom stereocenters. The highest BCUT2D eigenvalue weighted by molar-refractivity contribution is 5.95. The van der Waals surface area contributed by atoms with E-state index in [1.165, 1.54) is 24.3 Å². The van der Waals surface area contributed by atoms with E-state index in [9.17, 15) is 18.4 Å². The molecule has 1 amide bonds. The van der Waals surface area contributed by atoms with Crippen LogP contribution in [0.4, 0.5) is 8.78 Å². The molecule has 4 nitrogen and oxygen atoms in total. The van der Waals surface area contributed by atoms with Gasteiger partial charge in [-0.1, -0.05) is 6.92 Å². The summed E-state index contributed by atoms with van der Waals surface area (Å²) in [6.45, 7) is -0.295. The van der Waals surface area contributed by atoms with E-state index >= 15 is 0 Å². The summed E-state index contributed by atoms with van der Waals surface area (Å²) in [5.74, 6) is -0.185. The summed E-state index contributed by atoms with van der Waals surface area (Å²) in [6.07, 6.45) is 0.361. The fourth-order valence-electron chi connectivity index (χ4n) is 2.16. The minimum absolute atomic E-state index is 0.0127. The van der Waals surface area contributed by atoms with E-state index in [1.807, 2.05) is 0 Å². The molecule has 0 saturated carbocycles. The van der Waals surface area contributed by atoms with Gasteiger partial charge < -0.3 is 9.64 Å². The molecule has 1 aromatic carbocycles. The molecule has 0 N–H and O–H groups in total. The van der Waals surface area contributed by atoms with Gasteiger partial charge in [-0.05, 0) is 24.3 Å². The number of halogens is 2. The molecule has 1 fully saturated rings. The Balaban J connectivity index is 2.04. The number of Topliss-reactive ketones (excluding diaryl/α,β-unsaturated/α-hetero) is 1. The van der Waals surface area contributed by atoms with Gasteiger partial charge >= 0.3 is 6.61 Å². The number of ether oxygens (including phenoxy) is 1. The maximum atomic E-state index is 12.2. The van der Waals surface area contributed by atoms with Crippen molar-refractivity contribution in [1.29, 1.82) is 0 Å². The van der Waals surface area contributed by atoms with Crippen molar-refractivity contribution in [2.45, 2.75) is 20.0 Å². The second kappa shape index (κ2) is 5.98. The average Bonchev–Trinajstić information content (AvgIpc) is 2.41. The fourth-order valence-corrected chi connectivity index (χ4v) is 2.16. The highest BCUT2D eigenvalue weighted by Gasteiger charge is 2.27. The number of nitrogens with zero attached hydrogens (tertiary/aromatic N) is 1. The van der Waals surface area contributed by atoms with Crippen LogP contribution in [0.2, 0.25) is 0 Å². The number of rotatable bonds is 3. The summed E-state index contributed by atoms with van der Waals surface area (Å²) in [5, 5.41) is 0. The molecular formula is C14H15F2NO3. The highest BCUT2D eigenvalue weighted by Crippen LogP contribution is 2.18. The number of ketones is 1. The molecule has 1 aliphatic heterocycles. The number of carbonyl (C=O) groups is 2. The Labute approximate surface area is 115 Å². The predicted molar refractivity (Wildman–Crippen MR) is 67.8 cm³/mol. The lowest BCUT2D eigenvalue weighted by Gasteiger charge is -2.30. The van der Waals surface area contributed by atoms with Crippen molar-refractivity contribution in [3.05, 3.63) is 29.8 Å². The van der Waals surface area contributed by atoms with E-state index < -0.39 is 6.61 Å². The third-order valence-corrected chi connectivity index (χ3v) is 3.29. The number of piperidine rings is 1.